The van der Waals surface area contributed by atoms with Crippen LogP contribution in [0.15, 0.2) is 18.2 Å². The van der Waals surface area contributed by atoms with E-state index in [4.69, 9.17) is 32.7 Å². The maximum absolute atomic E-state index is 5.81. The maximum Gasteiger partial charge on any atom is 0.145 e. The summed E-state index contributed by atoms with van der Waals surface area (Å²) in [5, 5.41) is 0. The molecule has 3 nitrogen and oxygen atoms in total. The zero-order valence-corrected chi connectivity index (χ0v) is 11.6. The molecule has 0 aromatic heterocycles. The Morgan fingerprint density at radius 2 is 1.47 bits per heavy atom. The van der Waals surface area contributed by atoms with Gasteiger partial charge in [0.15, 0.2) is 0 Å². The average Bonchev–Trinajstić information content (AvgIpc) is 2.37. The summed E-state index contributed by atoms with van der Waals surface area (Å²) in [5.41, 5.74) is 0.902. The molecular formula is C12H17Cl2NO2. The van der Waals surface area contributed by atoms with E-state index in [9.17, 15) is 0 Å². The first-order valence-corrected chi connectivity index (χ1v) is 6.43. The van der Waals surface area contributed by atoms with Crippen LogP contribution >= 0.6 is 23.2 Å². The molecule has 0 amide bonds. The van der Waals surface area contributed by atoms with Gasteiger partial charge in [0.1, 0.15) is 17.2 Å². The Morgan fingerprint density at radius 1 is 1.00 bits per heavy atom. The molecule has 0 aliphatic rings. The highest BCUT2D eigenvalue weighted by molar-refractivity contribution is 6.18. The van der Waals surface area contributed by atoms with E-state index in [0.29, 0.717) is 24.8 Å². The Labute approximate surface area is 112 Å². The number of para-hydroxylation sites is 1. The quantitative estimate of drug-likeness (QED) is 0.716. The molecule has 0 radical (unpaired) electrons. The number of alkyl halides is 2. The van der Waals surface area contributed by atoms with Crippen molar-refractivity contribution in [2.75, 3.05) is 44.0 Å². The zero-order valence-electron chi connectivity index (χ0n) is 10.1. The van der Waals surface area contributed by atoms with Crippen LogP contribution in [-0.2, 0) is 0 Å². The van der Waals surface area contributed by atoms with Crippen molar-refractivity contribution in [2.45, 2.75) is 0 Å². The highest BCUT2D eigenvalue weighted by atomic mass is 35.5. The average molecular weight is 278 g/mol. The van der Waals surface area contributed by atoms with Gasteiger partial charge < -0.3 is 14.4 Å². The summed E-state index contributed by atoms with van der Waals surface area (Å²) in [6.07, 6.45) is 0. The first-order valence-electron chi connectivity index (χ1n) is 5.36. The predicted molar refractivity (Wildman–Crippen MR) is 73.2 cm³/mol. The molecule has 0 atom stereocenters. The van der Waals surface area contributed by atoms with Gasteiger partial charge in [0.05, 0.1) is 14.2 Å². The summed E-state index contributed by atoms with van der Waals surface area (Å²) < 4.78 is 10.7. The fraction of sp³-hybridized carbons (Fsp3) is 0.500. The van der Waals surface area contributed by atoms with Crippen molar-refractivity contribution in [2.24, 2.45) is 0 Å². The molecule has 1 aromatic carbocycles. The van der Waals surface area contributed by atoms with Crippen molar-refractivity contribution < 1.29 is 9.47 Å². The molecule has 1 rings (SSSR count). The van der Waals surface area contributed by atoms with E-state index in [1.807, 2.05) is 18.2 Å². The largest absolute Gasteiger partial charge is 0.494 e. The summed E-state index contributed by atoms with van der Waals surface area (Å²) in [5.74, 6) is 2.58. The number of halogens is 2. The van der Waals surface area contributed by atoms with Crippen LogP contribution in [0.4, 0.5) is 5.69 Å². The van der Waals surface area contributed by atoms with Gasteiger partial charge in [0, 0.05) is 24.8 Å². The van der Waals surface area contributed by atoms with Gasteiger partial charge >= 0.3 is 0 Å². The van der Waals surface area contributed by atoms with Crippen molar-refractivity contribution in [3.05, 3.63) is 18.2 Å². The summed E-state index contributed by atoms with van der Waals surface area (Å²) in [6, 6.07) is 5.68. The number of hydrogen-bond acceptors (Lipinski definition) is 3. The number of nitrogens with zero attached hydrogens (tertiary/aromatic N) is 1. The maximum atomic E-state index is 5.81. The minimum absolute atomic E-state index is 0.526. The second kappa shape index (κ2) is 7.51. The van der Waals surface area contributed by atoms with Crippen molar-refractivity contribution in [3.8, 4) is 11.5 Å². The minimum atomic E-state index is 0.526. The van der Waals surface area contributed by atoms with Gasteiger partial charge in [-0.25, -0.2) is 0 Å². The third-order valence-electron chi connectivity index (χ3n) is 2.43. The fourth-order valence-electron chi connectivity index (χ4n) is 1.68. The summed E-state index contributed by atoms with van der Waals surface area (Å²) in [6.45, 7) is 1.40. The van der Waals surface area contributed by atoms with Crippen LogP contribution in [0.2, 0.25) is 0 Å². The van der Waals surface area contributed by atoms with Crippen LogP contribution in [0, 0.1) is 0 Å². The van der Waals surface area contributed by atoms with Gasteiger partial charge in [-0.1, -0.05) is 6.07 Å². The van der Waals surface area contributed by atoms with E-state index in [1.54, 1.807) is 14.2 Å². The minimum Gasteiger partial charge on any atom is -0.494 e. The second-order valence-electron chi connectivity index (χ2n) is 3.38. The highest BCUT2D eigenvalue weighted by Gasteiger charge is 2.16. The molecule has 5 heteroatoms. The van der Waals surface area contributed by atoms with Crippen molar-refractivity contribution in [3.63, 3.8) is 0 Å². The van der Waals surface area contributed by atoms with Crippen LogP contribution in [-0.4, -0.2) is 39.1 Å². The third kappa shape index (κ3) is 3.58. The van der Waals surface area contributed by atoms with E-state index < -0.39 is 0 Å². The molecule has 96 valence electrons. The van der Waals surface area contributed by atoms with Gasteiger partial charge in [-0.2, -0.15) is 0 Å². The van der Waals surface area contributed by atoms with E-state index in [2.05, 4.69) is 4.90 Å². The monoisotopic (exact) mass is 277 g/mol. The van der Waals surface area contributed by atoms with E-state index in [0.717, 1.165) is 17.2 Å². The molecule has 0 saturated carbocycles. The smallest absolute Gasteiger partial charge is 0.145 e. The standard InChI is InChI=1S/C12H17Cl2NO2/c1-16-10-4-3-5-11(17-2)12(10)15(8-6-13)9-7-14/h3-5H,6-9H2,1-2H3. The van der Waals surface area contributed by atoms with Gasteiger partial charge in [-0.05, 0) is 12.1 Å². The third-order valence-corrected chi connectivity index (χ3v) is 2.76. The molecule has 0 unspecified atom stereocenters. The van der Waals surface area contributed by atoms with Gasteiger partial charge in [-0.3, -0.25) is 0 Å². The van der Waals surface area contributed by atoms with E-state index in [-0.39, 0.29) is 0 Å². The van der Waals surface area contributed by atoms with Crippen LogP contribution in [0.5, 0.6) is 11.5 Å². The second-order valence-corrected chi connectivity index (χ2v) is 4.13. The lowest BCUT2D eigenvalue weighted by Crippen LogP contribution is -2.28. The summed E-state index contributed by atoms with van der Waals surface area (Å²) >= 11 is 11.6. The molecule has 0 aliphatic heterocycles. The van der Waals surface area contributed by atoms with Crippen molar-refractivity contribution in [1.82, 2.24) is 0 Å². The Balaban J connectivity index is 3.12. The molecule has 0 bridgehead atoms. The van der Waals surface area contributed by atoms with Crippen molar-refractivity contribution >= 4 is 28.9 Å². The number of hydrogen-bond donors (Lipinski definition) is 0. The molecule has 0 fully saturated rings. The number of benzene rings is 1. The summed E-state index contributed by atoms with van der Waals surface area (Å²) in [7, 11) is 3.27. The number of methoxy groups -OCH3 is 2. The molecule has 0 spiro atoms. The molecule has 1 aromatic rings. The van der Waals surface area contributed by atoms with Crippen LogP contribution in [0.3, 0.4) is 0 Å². The van der Waals surface area contributed by atoms with Gasteiger partial charge in [-0.15, -0.1) is 23.2 Å². The lowest BCUT2D eigenvalue weighted by atomic mass is 10.2. The molecule has 0 saturated heterocycles. The molecule has 17 heavy (non-hydrogen) atoms. The van der Waals surface area contributed by atoms with Crippen LogP contribution in [0.25, 0.3) is 0 Å². The highest BCUT2D eigenvalue weighted by Crippen LogP contribution is 2.37. The Hall–Kier alpha value is -0.800. The lowest BCUT2D eigenvalue weighted by Gasteiger charge is -2.26. The Morgan fingerprint density at radius 3 is 1.82 bits per heavy atom. The number of rotatable bonds is 7. The lowest BCUT2D eigenvalue weighted by molar-refractivity contribution is 0.394. The normalized spacial score (nSPS) is 10.1. The number of ether oxygens (including phenoxy) is 2. The topological polar surface area (TPSA) is 21.7 Å². The number of anilines is 1. The molecule has 0 N–H and O–H groups in total. The van der Waals surface area contributed by atoms with Crippen molar-refractivity contribution in [1.29, 1.82) is 0 Å². The van der Waals surface area contributed by atoms with Gasteiger partial charge in [0.25, 0.3) is 0 Å². The SMILES string of the molecule is COc1cccc(OC)c1N(CCCl)CCCl. The van der Waals surface area contributed by atoms with Crippen LogP contribution in [0.1, 0.15) is 0 Å². The van der Waals surface area contributed by atoms with Gasteiger partial charge in [0.2, 0.25) is 0 Å². The van der Waals surface area contributed by atoms with E-state index in [1.165, 1.54) is 0 Å². The summed E-state index contributed by atoms with van der Waals surface area (Å²) in [4.78, 5) is 2.07. The Kier molecular flexibility index (Phi) is 6.30. The molecule has 0 aliphatic carbocycles. The first kappa shape index (κ1) is 14.3. The molecular weight excluding hydrogens is 261 g/mol. The molecule has 0 heterocycles. The Bertz CT molecular complexity index is 319. The van der Waals surface area contributed by atoms with Crippen LogP contribution < -0.4 is 14.4 Å². The fourth-order valence-corrected chi connectivity index (χ4v) is 2.09. The zero-order chi connectivity index (χ0) is 12.7. The van der Waals surface area contributed by atoms with E-state index >= 15 is 0 Å². The first-order chi connectivity index (χ1) is 8.28. The predicted octanol–water partition coefficient (Wildman–Crippen LogP) is 2.99.